The Morgan fingerprint density at radius 2 is 2.10 bits per heavy atom. The van der Waals surface area contributed by atoms with Crippen molar-refractivity contribution in [1.82, 2.24) is 0 Å². The van der Waals surface area contributed by atoms with E-state index in [0.717, 1.165) is 6.42 Å². The third-order valence-electron chi connectivity index (χ3n) is 1.84. The fraction of sp³-hybridized carbons (Fsp3) is 0.778. The molecular weight excluding hydrogens is 124 g/mol. The topological polar surface area (TPSA) is 20.2 Å². The Hall–Kier alpha value is -0.480. The highest BCUT2D eigenvalue weighted by molar-refractivity contribution is 5.08. The smallest absolute Gasteiger partial charge is 0.127 e. The van der Waals surface area contributed by atoms with Crippen LogP contribution in [0.1, 0.15) is 33.6 Å². The van der Waals surface area contributed by atoms with Gasteiger partial charge < -0.3 is 5.11 Å². The zero-order chi connectivity index (χ0) is 8.20. The van der Waals surface area contributed by atoms with Crippen molar-refractivity contribution in [3.8, 4) is 12.3 Å². The second-order valence-electron chi connectivity index (χ2n) is 2.97. The van der Waals surface area contributed by atoms with Gasteiger partial charge in [-0.1, -0.05) is 33.1 Å². The van der Waals surface area contributed by atoms with E-state index in [4.69, 9.17) is 6.42 Å². The molecule has 10 heavy (non-hydrogen) atoms. The highest BCUT2D eigenvalue weighted by atomic mass is 16.3. The first-order valence-electron chi connectivity index (χ1n) is 3.77. The molecule has 0 radical (unpaired) electrons. The van der Waals surface area contributed by atoms with Gasteiger partial charge in [-0.3, -0.25) is 0 Å². The Morgan fingerprint density at radius 1 is 1.60 bits per heavy atom. The summed E-state index contributed by atoms with van der Waals surface area (Å²) in [7, 11) is 0. The van der Waals surface area contributed by atoms with Crippen molar-refractivity contribution in [2.75, 3.05) is 0 Å². The van der Waals surface area contributed by atoms with Gasteiger partial charge in [0.25, 0.3) is 0 Å². The summed E-state index contributed by atoms with van der Waals surface area (Å²) in [5.74, 6) is 2.58. The van der Waals surface area contributed by atoms with E-state index in [1.165, 1.54) is 0 Å². The molecule has 0 aliphatic rings. The first kappa shape index (κ1) is 9.52. The van der Waals surface area contributed by atoms with Gasteiger partial charge in [0.1, 0.15) is 5.60 Å². The van der Waals surface area contributed by atoms with Gasteiger partial charge in [-0.25, -0.2) is 0 Å². The molecule has 0 aromatic carbocycles. The fourth-order valence-corrected chi connectivity index (χ4v) is 0.909. The van der Waals surface area contributed by atoms with Crippen molar-refractivity contribution >= 4 is 0 Å². The minimum Gasteiger partial charge on any atom is -0.377 e. The van der Waals surface area contributed by atoms with Crippen molar-refractivity contribution in [3.63, 3.8) is 0 Å². The summed E-state index contributed by atoms with van der Waals surface area (Å²) in [5, 5.41) is 9.66. The molecule has 0 aliphatic carbocycles. The molecule has 0 aliphatic heterocycles. The molecule has 0 spiro atoms. The van der Waals surface area contributed by atoms with Crippen LogP contribution in [0, 0.1) is 18.3 Å². The summed E-state index contributed by atoms with van der Waals surface area (Å²) >= 11 is 0. The van der Waals surface area contributed by atoms with Crippen LogP contribution in [-0.2, 0) is 0 Å². The van der Waals surface area contributed by atoms with E-state index in [-0.39, 0.29) is 5.92 Å². The fourth-order valence-electron chi connectivity index (χ4n) is 0.909. The highest BCUT2D eigenvalue weighted by Gasteiger charge is 2.26. The molecule has 1 atom stereocenters. The number of aliphatic hydroxyl groups is 1. The second kappa shape index (κ2) is 3.63. The van der Waals surface area contributed by atoms with Crippen molar-refractivity contribution in [2.24, 2.45) is 5.92 Å². The lowest BCUT2D eigenvalue weighted by atomic mass is 9.87. The van der Waals surface area contributed by atoms with Crippen molar-refractivity contribution in [3.05, 3.63) is 0 Å². The summed E-state index contributed by atoms with van der Waals surface area (Å²) in [6, 6.07) is 0. The van der Waals surface area contributed by atoms with E-state index >= 15 is 0 Å². The maximum absolute atomic E-state index is 9.66. The van der Waals surface area contributed by atoms with E-state index in [1.54, 1.807) is 0 Å². The molecule has 0 aromatic rings. The third-order valence-corrected chi connectivity index (χ3v) is 1.84. The molecule has 0 bridgehead atoms. The first-order valence-corrected chi connectivity index (χ1v) is 3.77. The van der Waals surface area contributed by atoms with Crippen LogP contribution in [0.3, 0.4) is 0 Å². The molecule has 1 unspecified atom stereocenters. The summed E-state index contributed by atoms with van der Waals surface area (Å²) in [6.07, 6.45) is 6.82. The van der Waals surface area contributed by atoms with Crippen LogP contribution >= 0.6 is 0 Å². The monoisotopic (exact) mass is 140 g/mol. The van der Waals surface area contributed by atoms with Gasteiger partial charge in [0.15, 0.2) is 0 Å². The number of rotatable bonds is 3. The lowest BCUT2D eigenvalue weighted by molar-refractivity contribution is 0.0441. The molecule has 0 heterocycles. The highest BCUT2D eigenvalue weighted by Crippen LogP contribution is 2.21. The summed E-state index contributed by atoms with van der Waals surface area (Å²) in [6.45, 7) is 5.90. The van der Waals surface area contributed by atoms with E-state index in [1.807, 2.05) is 20.8 Å². The van der Waals surface area contributed by atoms with Crippen LogP contribution in [-0.4, -0.2) is 10.7 Å². The van der Waals surface area contributed by atoms with Gasteiger partial charge in [0, 0.05) is 0 Å². The summed E-state index contributed by atoms with van der Waals surface area (Å²) in [4.78, 5) is 0. The number of hydrogen-bond donors (Lipinski definition) is 1. The summed E-state index contributed by atoms with van der Waals surface area (Å²) < 4.78 is 0. The van der Waals surface area contributed by atoms with E-state index in [0.29, 0.717) is 6.42 Å². The molecule has 0 amide bonds. The molecule has 0 aromatic heterocycles. The Kier molecular flexibility index (Phi) is 3.46. The molecule has 1 N–H and O–H groups in total. The molecule has 1 nitrogen and oxygen atoms in total. The Labute approximate surface area is 63.5 Å². The predicted octanol–water partition coefficient (Wildman–Crippen LogP) is 1.81. The van der Waals surface area contributed by atoms with Crippen molar-refractivity contribution in [2.45, 2.75) is 39.2 Å². The Bertz CT molecular complexity index is 132. The molecular formula is C9H16O. The third kappa shape index (κ3) is 2.04. The Balaban J connectivity index is 4.12. The second-order valence-corrected chi connectivity index (χ2v) is 2.97. The normalized spacial score (nSPS) is 16.4. The zero-order valence-electron chi connectivity index (χ0n) is 7.02. The maximum atomic E-state index is 9.66. The predicted molar refractivity (Wildman–Crippen MR) is 43.5 cm³/mol. The van der Waals surface area contributed by atoms with Gasteiger partial charge in [-0.2, -0.15) is 0 Å². The SMILES string of the molecule is C#CC(O)(CCC)C(C)C. The quantitative estimate of drug-likeness (QED) is 0.593. The van der Waals surface area contributed by atoms with Gasteiger partial charge in [-0.15, -0.1) is 6.42 Å². The van der Waals surface area contributed by atoms with Gasteiger partial charge in [-0.05, 0) is 12.3 Å². The Morgan fingerprint density at radius 3 is 2.20 bits per heavy atom. The molecule has 1 heteroatoms. The average Bonchev–Trinajstić information content (AvgIpc) is 1.88. The lowest BCUT2D eigenvalue weighted by Gasteiger charge is -2.25. The average molecular weight is 140 g/mol. The lowest BCUT2D eigenvalue weighted by Crippen LogP contribution is -2.32. The standard InChI is InChI=1S/C9H16O/c1-5-7-9(10,6-2)8(3)4/h2,8,10H,5,7H2,1,3-4H3. The largest absolute Gasteiger partial charge is 0.377 e. The van der Waals surface area contributed by atoms with E-state index in [9.17, 15) is 5.11 Å². The number of terminal acetylenes is 1. The van der Waals surface area contributed by atoms with E-state index < -0.39 is 5.60 Å². The van der Waals surface area contributed by atoms with Crippen LogP contribution in [0.25, 0.3) is 0 Å². The van der Waals surface area contributed by atoms with Crippen molar-refractivity contribution in [1.29, 1.82) is 0 Å². The van der Waals surface area contributed by atoms with Crippen LogP contribution in [0.2, 0.25) is 0 Å². The molecule has 58 valence electrons. The van der Waals surface area contributed by atoms with Crippen molar-refractivity contribution < 1.29 is 5.11 Å². The molecule has 0 fully saturated rings. The zero-order valence-corrected chi connectivity index (χ0v) is 7.02. The van der Waals surface area contributed by atoms with Gasteiger partial charge in [0.2, 0.25) is 0 Å². The number of hydrogen-bond acceptors (Lipinski definition) is 1. The van der Waals surface area contributed by atoms with Gasteiger partial charge in [0.05, 0.1) is 0 Å². The minimum absolute atomic E-state index is 0.150. The van der Waals surface area contributed by atoms with Gasteiger partial charge >= 0.3 is 0 Å². The van der Waals surface area contributed by atoms with Crippen LogP contribution < -0.4 is 0 Å². The molecule has 0 saturated carbocycles. The van der Waals surface area contributed by atoms with E-state index in [2.05, 4.69) is 5.92 Å². The van der Waals surface area contributed by atoms with Crippen LogP contribution in [0.15, 0.2) is 0 Å². The molecule has 0 rings (SSSR count). The van der Waals surface area contributed by atoms with Crippen LogP contribution in [0.5, 0.6) is 0 Å². The minimum atomic E-state index is -0.880. The molecule has 0 saturated heterocycles. The maximum Gasteiger partial charge on any atom is 0.127 e. The summed E-state index contributed by atoms with van der Waals surface area (Å²) in [5.41, 5.74) is -0.880. The van der Waals surface area contributed by atoms with Crippen LogP contribution in [0.4, 0.5) is 0 Å². The first-order chi connectivity index (χ1) is 4.56.